The molecule has 0 radical (unpaired) electrons. The number of aromatic nitrogens is 2. The van der Waals surface area contributed by atoms with Crippen molar-refractivity contribution in [2.75, 3.05) is 0 Å². The van der Waals surface area contributed by atoms with E-state index in [9.17, 15) is 30.3 Å². The summed E-state index contributed by atoms with van der Waals surface area (Å²) >= 11 is 13.4. The smallest absolute Gasteiger partial charge is 0.309 e. The van der Waals surface area contributed by atoms with Crippen LogP contribution in [0.2, 0.25) is 10.0 Å². The van der Waals surface area contributed by atoms with E-state index in [2.05, 4.69) is 22.1 Å². The number of nitriles is 2. The normalized spacial score (nSPS) is 11.8. The van der Waals surface area contributed by atoms with Gasteiger partial charge in [0, 0.05) is 48.0 Å². The molecule has 14 heteroatoms. The Hall–Kier alpha value is -6.96. The Morgan fingerprint density at radius 3 is 1.64 bits per heavy atom. The number of carbonyl (C=O) groups is 2. The second-order valence-corrected chi connectivity index (χ2v) is 16.0. The average molecular weight is 900 g/mol. The first kappa shape index (κ1) is 46.5. The van der Waals surface area contributed by atoms with Crippen molar-refractivity contribution in [3.05, 3.63) is 163 Å². The number of benzene rings is 4. The third-order valence-corrected chi connectivity index (χ3v) is 11.3. The minimum Gasteiger partial charge on any atom is -0.488 e. The van der Waals surface area contributed by atoms with E-state index < -0.39 is 18.0 Å². The molecule has 0 spiro atoms. The maximum atomic E-state index is 12.5. The summed E-state index contributed by atoms with van der Waals surface area (Å²) in [5.74, 6) is -0.940. The van der Waals surface area contributed by atoms with Crippen LogP contribution in [0.4, 0.5) is 0 Å². The number of aliphatic hydroxyl groups excluding tert-OH is 1. The maximum Gasteiger partial charge on any atom is 0.309 e. The number of Topliss-reactive ketones (excluding diaryl/α,β-unsaturated/α-hetero) is 1. The zero-order valence-corrected chi connectivity index (χ0v) is 37.0. The van der Waals surface area contributed by atoms with E-state index in [0.29, 0.717) is 55.7 Å². The van der Waals surface area contributed by atoms with Gasteiger partial charge >= 0.3 is 5.97 Å². The van der Waals surface area contributed by atoms with Crippen molar-refractivity contribution in [1.29, 1.82) is 10.5 Å². The van der Waals surface area contributed by atoms with E-state index in [0.717, 1.165) is 33.4 Å². The lowest BCUT2D eigenvalue weighted by Gasteiger charge is -2.19. The predicted molar refractivity (Wildman–Crippen MR) is 241 cm³/mol. The first-order valence-electron chi connectivity index (χ1n) is 20.2. The summed E-state index contributed by atoms with van der Waals surface area (Å²) in [6.45, 7) is 7.39. The molecule has 2 aromatic heterocycles. The summed E-state index contributed by atoms with van der Waals surface area (Å²) in [5, 5.41) is 38.9. The average Bonchev–Trinajstić information content (AvgIpc) is 3.28. The van der Waals surface area contributed by atoms with Crippen LogP contribution in [-0.2, 0) is 37.6 Å². The number of pyridine rings is 2. The van der Waals surface area contributed by atoms with E-state index in [4.69, 9.17) is 42.1 Å². The van der Waals surface area contributed by atoms with Gasteiger partial charge in [-0.2, -0.15) is 10.5 Å². The van der Waals surface area contributed by atoms with E-state index in [-0.39, 0.29) is 55.8 Å². The van der Waals surface area contributed by atoms with Crippen LogP contribution in [0, 0.1) is 42.4 Å². The van der Waals surface area contributed by atoms with E-state index in [1.54, 1.807) is 42.7 Å². The standard InChI is InChI=1S/C50H44Cl2N4O8/c1-29-38(27-63-48-17-46(61-25-35-13-33(19-53)21-55-23-35)37(15-44(48)51)11-12-42(31(3)57)50(59)60)7-5-9-40(29)41-10-6-8-39(30(41)2)28-64-49-18-47(43(32(4)58)16-45(49)52)62-26-36-14-34(20-54)22-56-24-36/h5-10,13-18,21-24,31,42,57H,11-12,25-28H2,1-4H3,(H,59,60)/t31-,42+/m1/s1. The fourth-order valence-electron chi connectivity index (χ4n) is 7.09. The number of carbonyl (C=O) groups excluding carboxylic acids is 1. The minimum atomic E-state index is -1.10. The number of carboxylic acids is 1. The SMILES string of the molecule is CC(=O)c1cc(Cl)c(OCc2cccc(-c3cccc(COc4cc(OCc5cncc(C#N)c5)c(CC[C@H](C(=O)O)[C@@H](C)O)cc4Cl)c3C)c2C)cc1OCc1cncc(C#N)c1. The predicted octanol–water partition coefficient (Wildman–Crippen LogP) is 10.3. The molecule has 326 valence electrons. The molecule has 0 amide bonds. The number of rotatable bonds is 19. The minimum absolute atomic E-state index is 0.0732. The Labute approximate surface area is 381 Å². The molecule has 0 aliphatic carbocycles. The molecule has 0 aliphatic rings. The zero-order chi connectivity index (χ0) is 45.9. The molecule has 2 heterocycles. The lowest BCUT2D eigenvalue weighted by molar-refractivity contribution is -0.145. The summed E-state index contributed by atoms with van der Waals surface area (Å²) in [5.41, 5.74) is 8.78. The highest BCUT2D eigenvalue weighted by Crippen LogP contribution is 2.38. The van der Waals surface area contributed by atoms with Gasteiger partial charge in [0.15, 0.2) is 5.78 Å². The van der Waals surface area contributed by atoms with Crippen LogP contribution in [0.15, 0.2) is 97.6 Å². The molecule has 4 aromatic carbocycles. The number of ketones is 1. The second kappa shape index (κ2) is 21.4. The third-order valence-electron chi connectivity index (χ3n) is 10.7. The van der Waals surface area contributed by atoms with Crippen LogP contribution in [0.25, 0.3) is 11.1 Å². The van der Waals surface area contributed by atoms with Gasteiger partial charge in [-0.3, -0.25) is 19.6 Å². The van der Waals surface area contributed by atoms with Gasteiger partial charge in [-0.25, -0.2) is 0 Å². The highest BCUT2D eigenvalue weighted by Gasteiger charge is 2.24. The van der Waals surface area contributed by atoms with Crippen molar-refractivity contribution >= 4 is 35.0 Å². The van der Waals surface area contributed by atoms with E-state index in [1.807, 2.05) is 50.2 Å². The Kier molecular flexibility index (Phi) is 15.6. The lowest BCUT2D eigenvalue weighted by atomic mass is 9.92. The van der Waals surface area contributed by atoms with Crippen LogP contribution < -0.4 is 18.9 Å². The topological polar surface area (TPSA) is 185 Å². The van der Waals surface area contributed by atoms with Crippen molar-refractivity contribution in [2.45, 2.75) is 73.1 Å². The van der Waals surface area contributed by atoms with Crippen LogP contribution in [0.3, 0.4) is 0 Å². The molecule has 0 saturated carbocycles. The highest BCUT2D eigenvalue weighted by molar-refractivity contribution is 6.32. The summed E-state index contributed by atoms with van der Waals surface area (Å²) in [4.78, 5) is 32.5. The number of aliphatic carboxylic acids is 1. The van der Waals surface area contributed by atoms with E-state index in [1.165, 1.54) is 32.3 Å². The van der Waals surface area contributed by atoms with Gasteiger partial charge in [-0.1, -0.05) is 59.6 Å². The summed E-state index contributed by atoms with van der Waals surface area (Å²) in [6.07, 6.45) is 5.43. The van der Waals surface area contributed by atoms with Crippen molar-refractivity contribution in [1.82, 2.24) is 9.97 Å². The molecular weight excluding hydrogens is 855 g/mol. The fraction of sp³-hybridized carbons (Fsp3) is 0.240. The van der Waals surface area contributed by atoms with Gasteiger partial charge < -0.3 is 29.2 Å². The number of hydrogen-bond donors (Lipinski definition) is 2. The van der Waals surface area contributed by atoms with Crippen molar-refractivity contribution in [3.8, 4) is 46.3 Å². The van der Waals surface area contributed by atoms with Gasteiger partial charge in [0.25, 0.3) is 0 Å². The Morgan fingerprint density at radius 1 is 0.672 bits per heavy atom. The largest absolute Gasteiger partial charge is 0.488 e. The maximum absolute atomic E-state index is 12.5. The van der Waals surface area contributed by atoms with Crippen molar-refractivity contribution in [3.63, 3.8) is 0 Å². The fourth-order valence-corrected chi connectivity index (χ4v) is 7.55. The molecule has 12 nitrogen and oxygen atoms in total. The second-order valence-electron chi connectivity index (χ2n) is 15.2. The number of ether oxygens (including phenoxy) is 4. The number of nitrogens with zero attached hydrogens (tertiary/aromatic N) is 4. The van der Waals surface area contributed by atoms with E-state index >= 15 is 0 Å². The molecule has 64 heavy (non-hydrogen) atoms. The third kappa shape index (κ3) is 11.5. The molecule has 0 unspecified atom stereocenters. The Morgan fingerprint density at radius 2 is 1.16 bits per heavy atom. The quantitative estimate of drug-likeness (QED) is 0.0734. The number of aliphatic hydroxyl groups is 1. The Bertz CT molecular complexity index is 2780. The van der Waals surface area contributed by atoms with Crippen LogP contribution >= 0.6 is 23.2 Å². The van der Waals surface area contributed by atoms with Crippen LogP contribution in [0.1, 0.15) is 80.7 Å². The molecule has 0 bridgehead atoms. The van der Waals surface area contributed by atoms with Gasteiger partial charge in [-0.05, 0) is 104 Å². The highest BCUT2D eigenvalue weighted by atomic mass is 35.5. The van der Waals surface area contributed by atoms with Crippen LogP contribution in [0.5, 0.6) is 23.0 Å². The molecule has 0 aliphatic heterocycles. The van der Waals surface area contributed by atoms with Gasteiger partial charge in [0.2, 0.25) is 0 Å². The Balaban J connectivity index is 1.20. The molecule has 6 aromatic rings. The van der Waals surface area contributed by atoms with Gasteiger partial charge in [0.05, 0.1) is 38.8 Å². The van der Waals surface area contributed by atoms with Gasteiger partial charge in [-0.15, -0.1) is 0 Å². The van der Waals surface area contributed by atoms with Crippen molar-refractivity contribution < 1.29 is 38.7 Å². The monoisotopic (exact) mass is 898 g/mol. The zero-order valence-electron chi connectivity index (χ0n) is 35.5. The number of hydrogen-bond acceptors (Lipinski definition) is 11. The van der Waals surface area contributed by atoms with Crippen molar-refractivity contribution in [2.24, 2.45) is 5.92 Å². The lowest BCUT2D eigenvalue weighted by Crippen LogP contribution is -2.26. The summed E-state index contributed by atoms with van der Waals surface area (Å²) < 4.78 is 24.8. The first-order valence-corrected chi connectivity index (χ1v) is 21.0. The van der Waals surface area contributed by atoms with Crippen LogP contribution in [-0.4, -0.2) is 38.0 Å². The number of halogens is 2. The molecule has 0 saturated heterocycles. The molecule has 2 atom stereocenters. The molecule has 0 fully saturated rings. The summed E-state index contributed by atoms with van der Waals surface area (Å²) in [7, 11) is 0. The molecular formula is C50H44Cl2N4O8. The molecule has 6 rings (SSSR count). The number of carboxylic acid groups (broad SMARTS) is 1. The molecule has 2 N–H and O–H groups in total. The summed E-state index contributed by atoms with van der Waals surface area (Å²) in [6, 6.07) is 25.9. The number of aryl methyl sites for hydroxylation is 1. The van der Waals surface area contributed by atoms with Gasteiger partial charge in [0.1, 0.15) is 61.6 Å². The first-order chi connectivity index (χ1) is 30.8.